The molecule has 29 heavy (non-hydrogen) atoms. The van der Waals surface area contributed by atoms with Gasteiger partial charge in [0.15, 0.2) is 0 Å². The van der Waals surface area contributed by atoms with E-state index in [9.17, 15) is 24.3 Å². The number of hydrogen-bond acceptors (Lipinski definition) is 7. The molecule has 0 spiro atoms. The molecule has 0 aliphatic carbocycles. The zero-order valence-corrected chi connectivity index (χ0v) is 17.0. The van der Waals surface area contributed by atoms with Crippen LogP contribution in [-0.2, 0) is 14.4 Å². The molecule has 0 aromatic rings. The van der Waals surface area contributed by atoms with Crippen molar-refractivity contribution in [2.24, 2.45) is 0 Å². The predicted octanol–water partition coefficient (Wildman–Crippen LogP) is -1.86. The van der Waals surface area contributed by atoms with Gasteiger partial charge in [-0.1, -0.05) is 0 Å². The Morgan fingerprint density at radius 1 is 0.655 bits per heavy atom. The highest BCUT2D eigenvalue weighted by molar-refractivity contribution is 5.77. The molecular formula is C17H31N5O7. The lowest BCUT2D eigenvalue weighted by Crippen LogP contribution is -2.49. The molecule has 1 saturated heterocycles. The molecule has 0 bridgehead atoms. The van der Waals surface area contributed by atoms with Crippen LogP contribution in [0.25, 0.3) is 0 Å². The first kappa shape index (κ1) is 24.6. The number of carbonyl (C=O) groups excluding carboxylic acids is 1. The molecule has 1 aliphatic heterocycles. The van der Waals surface area contributed by atoms with Crippen molar-refractivity contribution >= 4 is 23.9 Å². The second-order valence-electron chi connectivity index (χ2n) is 7.17. The largest absolute Gasteiger partial charge is 0.480 e. The summed E-state index contributed by atoms with van der Waals surface area (Å²) >= 11 is 0. The molecule has 0 atom stereocenters. The summed E-state index contributed by atoms with van der Waals surface area (Å²) in [5, 5.41) is 27.7. The summed E-state index contributed by atoms with van der Waals surface area (Å²) in [4.78, 5) is 53.7. The van der Waals surface area contributed by atoms with Gasteiger partial charge >= 0.3 is 18.0 Å². The Balaban J connectivity index is 2.94. The SMILES string of the molecule is CN(C)C(=O)CN1CCN(CC(=O)O)CCN(CC(=O)O)CCN(C(=O)O)CC1. The number of likely N-dealkylation sites (N-methyl/N-ethyl adjacent to an activating group) is 1. The van der Waals surface area contributed by atoms with Crippen LogP contribution in [0.15, 0.2) is 0 Å². The van der Waals surface area contributed by atoms with E-state index in [0.717, 1.165) is 0 Å². The molecule has 3 N–H and O–H groups in total. The van der Waals surface area contributed by atoms with E-state index in [4.69, 9.17) is 10.2 Å². The summed E-state index contributed by atoms with van der Waals surface area (Å²) in [6.45, 7) is 1.84. The van der Waals surface area contributed by atoms with Crippen molar-refractivity contribution in [1.29, 1.82) is 0 Å². The van der Waals surface area contributed by atoms with E-state index < -0.39 is 18.0 Å². The normalized spacial score (nSPS) is 18.5. The molecule has 1 aliphatic rings. The minimum Gasteiger partial charge on any atom is -0.480 e. The number of carboxylic acids is 2. The average Bonchev–Trinajstić information content (AvgIpc) is 2.60. The maximum absolute atomic E-state index is 12.1. The Labute approximate surface area is 169 Å². The zero-order chi connectivity index (χ0) is 22.0. The summed E-state index contributed by atoms with van der Waals surface area (Å²) in [6, 6.07) is 0. The number of rotatable bonds is 6. The highest BCUT2D eigenvalue weighted by Gasteiger charge is 2.22. The van der Waals surface area contributed by atoms with Gasteiger partial charge in [0.2, 0.25) is 5.91 Å². The van der Waals surface area contributed by atoms with Crippen LogP contribution < -0.4 is 0 Å². The third kappa shape index (κ3) is 10.1. The van der Waals surface area contributed by atoms with E-state index in [1.54, 1.807) is 23.9 Å². The van der Waals surface area contributed by atoms with E-state index in [2.05, 4.69) is 0 Å². The van der Waals surface area contributed by atoms with Crippen molar-refractivity contribution in [1.82, 2.24) is 24.5 Å². The summed E-state index contributed by atoms with van der Waals surface area (Å²) in [6.07, 6.45) is -1.11. The van der Waals surface area contributed by atoms with Crippen molar-refractivity contribution in [2.45, 2.75) is 0 Å². The number of amides is 2. The maximum atomic E-state index is 12.1. The minimum absolute atomic E-state index is 0.104. The van der Waals surface area contributed by atoms with Crippen molar-refractivity contribution in [3.8, 4) is 0 Å². The Kier molecular flexibility index (Phi) is 10.3. The Bertz CT molecular complexity index is 587. The summed E-state index contributed by atoms with van der Waals surface area (Å²) in [5.74, 6) is -2.15. The van der Waals surface area contributed by atoms with Crippen LogP contribution in [0.4, 0.5) is 4.79 Å². The van der Waals surface area contributed by atoms with Crippen LogP contribution in [-0.4, -0.2) is 150 Å². The summed E-state index contributed by atoms with van der Waals surface area (Å²) < 4.78 is 0. The maximum Gasteiger partial charge on any atom is 0.407 e. The first-order valence-electron chi connectivity index (χ1n) is 9.37. The lowest BCUT2D eigenvalue weighted by molar-refractivity contribution is -0.140. The third-order valence-electron chi connectivity index (χ3n) is 4.68. The molecule has 1 heterocycles. The number of carboxylic acid groups (broad SMARTS) is 3. The van der Waals surface area contributed by atoms with Crippen molar-refractivity contribution in [3.05, 3.63) is 0 Å². The van der Waals surface area contributed by atoms with E-state index in [0.29, 0.717) is 32.7 Å². The van der Waals surface area contributed by atoms with Crippen LogP contribution in [0.3, 0.4) is 0 Å². The Morgan fingerprint density at radius 2 is 1.00 bits per heavy atom. The minimum atomic E-state index is -1.11. The fraction of sp³-hybridized carbons (Fsp3) is 0.765. The van der Waals surface area contributed by atoms with Gasteiger partial charge in [-0.2, -0.15) is 0 Å². The van der Waals surface area contributed by atoms with Crippen LogP contribution in [0.5, 0.6) is 0 Å². The lowest BCUT2D eigenvalue weighted by atomic mass is 10.3. The second-order valence-corrected chi connectivity index (χ2v) is 7.17. The van der Waals surface area contributed by atoms with Crippen molar-refractivity contribution < 1.29 is 34.5 Å². The lowest BCUT2D eigenvalue weighted by Gasteiger charge is -2.32. The van der Waals surface area contributed by atoms with Gasteiger partial charge in [-0.3, -0.25) is 29.1 Å². The molecule has 1 fully saturated rings. The van der Waals surface area contributed by atoms with E-state index in [1.165, 1.54) is 9.80 Å². The van der Waals surface area contributed by atoms with Crippen LogP contribution >= 0.6 is 0 Å². The number of aliphatic carboxylic acids is 2. The highest BCUT2D eigenvalue weighted by atomic mass is 16.4. The molecule has 0 radical (unpaired) electrons. The van der Waals surface area contributed by atoms with Gasteiger partial charge in [0.1, 0.15) is 0 Å². The quantitative estimate of drug-likeness (QED) is 0.450. The molecular weight excluding hydrogens is 386 g/mol. The van der Waals surface area contributed by atoms with Gasteiger partial charge in [0, 0.05) is 66.5 Å². The summed E-state index contributed by atoms with van der Waals surface area (Å²) in [5.41, 5.74) is 0. The molecule has 0 unspecified atom stereocenters. The van der Waals surface area contributed by atoms with Crippen molar-refractivity contribution in [3.63, 3.8) is 0 Å². The molecule has 1 rings (SSSR count). The fourth-order valence-corrected chi connectivity index (χ4v) is 2.92. The molecule has 2 amide bonds. The van der Waals surface area contributed by atoms with Gasteiger partial charge in [-0.15, -0.1) is 0 Å². The molecule has 0 saturated carbocycles. The summed E-state index contributed by atoms with van der Waals surface area (Å²) in [7, 11) is 3.27. The number of hydrogen-bond donors (Lipinski definition) is 3. The van der Waals surface area contributed by atoms with Gasteiger partial charge in [0.25, 0.3) is 0 Å². The first-order chi connectivity index (χ1) is 13.6. The number of carbonyl (C=O) groups is 4. The van der Waals surface area contributed by atoms with E-state index >= 15 is 0 Å². The first-order valence-corrected chi connectivity index (χ1v) is 9.37. The smallest absolute Gasteiger partial charge is 0.407 e. The standard InChI is InChI=1S/C17H31N5O7/c1-18(2)14(23)11-19-3-4-20(12-15(24)25)5-6-21(13-16(26)27)8-10-22(9-7-19)17(28)29/h3-13H2,1-2H3,(H,24,25)(H,26,27)(H,28,29). The predicted molar refractivity (Wildman–Crippen MR) is 103 cm³/mol. The molecule has 12 heteroatoms. The van der Waals surface area contributed by atoms with Crippen LogP contribution in [0.2, 0.25) is 0 Å². The topological polar surface area (TPSA) is 145 Å². The Morgan fingerprint density at radius 3 is 1.31 bits per heavy atom. The Hall–Kier alpha value is -2.44. The van der Waals surface area contributed by atoms with Gasteiger partial charge in [-0.25, -0.2) is 4.79 Å². The van der Waals surface area contributed by atoms with Crippen molar-refractivity contribution in [2.75, 3.05) is 86.1 Å². The molecule has 12 nitrogen and oxygen atoms in total. The average molecular weight is 417 g/mol. The highest BCUT2D eigenvalue weighted by Crippen LogP contribution is 2.02. The van der Waals surface area contributed by atoms with Gasteiger partial charge in [-0.05, 0) is 0 Å². The van der Waals surface area contributed by atoms with Crippen LogP contribution in [0.1, 0.15) is 0 Å². The number of nitrogens with zero attached hydrogens (tertiary/aromatic N) is 5. The molecule has 0 aromatic carbocycles. The van der Waals surface area contributed by atoms with Crippen LogP contribution in [0, 0.1) is 0 Å². The monoisotopic (exact) mass is 417 g/mol. The van der Waals surface area contributed by atoms with E-state index in [1.807, 2.05) is 4.90 Å². The second kappa shape index (κ2) is 12.2. The van der Waals surface area contributed by atoms with Gasteiger partial charge in [0.05, 0.1) is 19.6 Å². The third-order valence-corrected chi connectivity index (χ3v) is 4.68. The van der Waals surface area contributed by atoms with E-state index in [-0.39, 0.29) is 45.2 Å². The van der Waals surface area contributed by atoms with Gasteiger partial charge < -0.3 is 25.1 Å². The fourth-order valence-electron chi connectivity index (χ4n) is 2.92. The zero-order valence-electron chi connectivity index (χ0n) is 17.0. The molecule has 0 aromatic heterocycles. The molecule has 166 valence electrons.